The molecular formula is C8H14O5S. The summed E-state index contributed by atoms with van der Waals surface area (Å²) in [5.41, 5.74) is 0. The molecule has 0 aromatic carbocycles. The lowest BCUT2D eigenvalue weighted by Crippen LogP contribution is -2.23. The second kappa shape index (κ2) is 7.66. The molecule has 2 unspecified atom stereocenters. The molecule has 0 saturated carbocycles. The van der Waals surface area contributed by atoms with E-state index in [1.807, 2.05) is 6.92 Å². The molecule has 0 spiro atoms. The summed E-state index contributed by atoms with van der Waals surface area (Å²) < 4.78 is 27.8. The van der Waals surface area contributed by atoms with Gasteiger partial charge < -0.3 is 4.74 Å². The molecule has 5 nitrogen and oxygen atoms in total. The Morgan fingerprint density at radius 1 is 1.71 bits per heavy atom. The molecule has 0 aliphatic heterocycles. The highest BCUT2D eigenvalue weighted by Crippen LogP contribution is 2.04. The van der Waals surface area contributed by atoms with Gasteiger partial charge in [-0.1, -0.05) is 19.9 Å². The Balaban J connectivity index is 3.94. The van der Waals surface area contributed by atoms with Gasteiger partial charge in [0.2, 0.25) is 0 Å². The maximum absolute atomic E-state index is 10.8. The zero-order chi connectivity index (χ0) is 11.0. The van der Waals surface area contributed by atoms with Crippen molar-refractivity contribution in [1.29, 1.82) is 0 Å². The van der Waals surface area contributed by atoms with Crippen LogP contribution in [0.25, 0.3) is 0 Å². The van der Waals surface area contributed by atoms with Crippen molar-refractivity contribution >= 4 is 17.3 Å². The van der Waals surface area contributed by atoms with Crippen LogP contribution in [0.4, 0.5) is 0 Å². The van der Waals surface area contributed by atoms with Gasteiger partial charge >= 0.3 is 17.3 Å². The van der Waals surface area contributed by atoms with E-state index in [0.29, 0.717) is 6.42 Å². The second-order valence-corrected chi connectivity index (χ2v) is 3.22. The topological polar surface area (TPSA) is 72.8 Å². The van der Waals surface area contributed by atoms with Gasteiger partial charge in [0.05, 0.1) is 0 Å². The molecule has 1 N–H and O–H groups in total. The summed E-state index contributed by atoms with van der Waals surface area (Å²) in [5.74, 6) is -0.559. The van der Waals surface area contributed by atoms with Crippen molar-refractivity contribution in [2.45, 2.75) is 25.9 Å². The first-order valence-electron chi connectivity index (χ1n) is 4.17. The standard InChI is InChI=1S/C8H14O5S/c1-3-5-7(6-12-14(10)11)13-8(9)4-2/h4,7H,2-3,5-6H2,1H3,(H,10,11). The molecule has 0 aromatic heterocycles. The van der Waals surface area contributed by atoms with Crippen molar-refractivity contribution in [3.05, 3.63) is 12.7 Å². The number of ether oxygens (including phenoxy) is 1. The van der Waals surface area contributed by atoms with E-state index in [2.05, 4.69) is 10.8 Å². The Kier molecular flexibility index (Phi) is 7.27. The molecule has 0 radical (unpaired) electrons. The Labute approximate surface area is 85.6 Å². The monoisotopic (exact) mass is 222 g/mol. The molecule has 14 heavy (non-hydrogen) atoms. The quantitative estimate of drug-likeness (QED) is 0.396. The van der Waals surface area contributed by atoms with Gasteiger partial charge in [-0.2, -0.15) is 4.21 Å². The van der Waals surface area contributed by atoms with Gasteiger partial charge in [0, 0.05) is 6.08 Å². The number of rotatable bonds is 7. The smallest absolute Gasteiger partial charge is 0.330 e. The molecule has 2 atom stereocenters. The molecule has 0 bridgehead atoms. The third kappa shape index (κ3) is 6.76. The van der Waals surface area contributed by atoms with Crippen molar-refractivity contribution in [1.82, 2.24) is 0 Å². The second-order valence-electron chi connectivity index (χ2n) is 2.55. The predicted octanol–water partition coefficient (Wildman–Crippen LogP) is 1.04. The maximum Gasteiger partial charge on any atom is 0.330 e. The third-order valence-corrected chi connectivity index (χ3v) is 1.75. The van der Waals surface area contributed by atoms with Crippen LogP contribution in [0.1, 0.15) is 19.8 Å². The number of hydrogen-bond donors (Lipinski definition) is 1. The summed E-state index contributed by atoms with van der Waals surface area (Å²) in [7, 11) is 0. The van der Waals surface area contributed by atoms with Crippen LogP contribution in [-0.2, 0) is 25.1 Å². The molecule has 0 rings (SSSR count). The van der Waals surface area contributed by atoms with Gasteiger partial charge in [-0.3, -0.25) is 8.74 Å². The molecule has 82 valence electrons. The average Bonchev–Trinajstić information content (AvgIpc) is 2.14. The molecule has 6 heteroatoms. The van der Waals surface area contributed by atoms with Gasteiger partial charge in [0.25, 0.3) is 0 Å². The Bertz CT molecular complexity index is 216. The van der Waals surface area contributed by atoms with Crippen LogP contribution in [0.2, 0.25) is 0 Å². The van der Waals surface area contributed by atoms with Gasteiger partial charge in [-0.15, -0.1) is 0 Å². The fourth-order valence-corrected chi connectivity index (χ4v) is 1.11. The SMILES string of the molecule is C=CC(=O)OC(CCC)COS(=O)O. The first-order chi connectivity index (χ1) is 6.60. The number of carbonyl (C=O) groups excluding carboxylic acids is 1. The van der Waals surface area contributed by atoms with Crippen LogP contribution < -0.4 is 0 Å². The lowest BCUT2D eigenvalue weighted by molar-refractivity contribution is -0.144. The minimum Gasteiger partial charge on any atom is -0.457 e. The van der Waals surface area contributed by atoms with Crippen LogP contribution in [0.15, 0.2) is 12.7 Å². The molecule has 0 aliphatic carbocycles. The summed E-state index contributed by atoms with van der Waals surface area (Å²) in [5, 5.41) is 0. The molecule has 0 aromatic rings. The van der Waals surface area contributed by atoms with Gasteiger partial charge in [0.1, 0.15) is 12.7 Å². The summed E-state index contributed by atoms with van der Waals surface area (Å²) in [6.45, 7) is 5.06. The van der Waals surface area contributed by atoms with Gasteiger partial charge in [-0.05, 0) is 6.42 Å². The Hall–Kier alpha value is -0.720. The maximum atomic E-state index is 10.8. The highest BCUT2D eigenvalue weighted by Gasteiger charge is 2.13. The van der Waals surface area contributed by atoms with E-state index in [4.69, 9.17) is 9.29 Å². The summed E-state index contributed by atoms with van der Waals surface area (Å²) >= 11 is -2.32. The van der Waals surface area contributed by atoms with Crippen LogP contribution >= 0.6 is 0 Å². The average molecular weight is 222 g/mol. The number of esters is 1. The van der Waals surface area contributed by atoms with Crippen molar-refractivity contribution < 1.29 is 22.5 Å². The Morgan fingerprint density at radius 2 is 2.36 bits per heavy atom. The summed E-state index contributed by atoms with van der Waals surface area (Å²) in [6.07, 6.45) is 1.91. The van der Waals surface area contributed by atoms with E-state index in [-0.39, 0.29) is 6.61 Å². The van der Waals surface area contributed by atoms with Crippen LogP contribution in [-0.4, -0.2) is 27.4 Å². The van der Waals surface area contributed by atoms with E-state index in [1.165, 1.54) is 0 Å². The summed E-state index contributed by atoms with van der Waals surface area (Å²) in [6, 6.07) is 0. The van der Waals surface area contributed by atoms with E-state index in [1.54, 1.807) is 0 Å². The zero-order valence-corrected chi connectivity index (χ0v) is 8.79. The molecule has 0 saturated heterocycles. The Morgan fingerprint density at radius 3 is 2.79 bits per heavy atom. The van der Waals surface area contributed by atoms with Crippen LogP contribution in [0, 0.1) is 0 Å². The third-order valence-electron chi connectivity index (χ3n) is 1.41. The summed E-state index contributed by atoms with van der Waals surface area (Å²) in [4.78, 5) is 10.8. The molecule has 0 amide bonds. The van der Waals surface area contributed by atoms with E-state index >= 15 is 0 Å². The highest BCUT2D eigenvalue weighted by atomic mass is 32.2. The van der Waals surface area contributed by atoms with Crippen molar-refractivity contribution in [3.63, 3.8) is 0 Å². The lowest BCUT2D eigenvalue weighted by Gasteiger charge is -2.14. The number of hydrogen-bond acceptors (Lipinski definition) is 4. The van der Waals surface area contributed by atoms with Crippen LogP contribution in [0.5, 0.6) is 0 Å². The normalized spacial score (nSPS) is 14.4. The minimum absolute atomic E-state index is 0.0868. The first-order valence-corrected chi connectivity index (χ1v) is 5.20. The minimum atomic E-state index is -2.32. The molecule has 0 heterocycles. The van der Waals surface area contributed by atoms with Crippen molar-refractivity contribution in [2.24, 2.45) is 0 Å². The lowest BCUT2D eigenvalue weighted by atomic mass is 10.2. The van der Waals surface area contributed by atoms with E-state index in [0.717, 1.165) is 12.5 Å². The van der Waals surface area contributed by atoms with Gasteiger partial charge in [0.15, 0.2) is 0 Å². The number of carbonyl (C=O) groups is 1. The fraction of sp³-hybridized carbons (Fsp3) is 0.625. The van der Waals surface area contributed by atoms with E-state index in [9.17, 15) is 9.00 Å². The van der Waals surface area contributed by atoms with Crippen LogP contribution in [0.3, 0.4) is 0 Å². The highest BCUT2D eigenvalue weighted by molar-refractivity contribution is 7.74. The molecule has 0 aliphatic rings. The van der Waals surface area contributed by atoms with Crippen molar-refractivity contribution in [3.8, 4) is 0 Å². The van der Waals surface area contributed by atoms with E-state index < -0.39 is 23.4 Å². The zero-order valence-electron chi connectivity index (χ0n) is 7.97. The fourth-order valence-electron chi connectivity index (χ4n) is 0.845. The molecular weight excluding hydrogens is 208 g/mol. The molecule has 0 fully saturated rings. The predicted molar refractivity (Wildman–Crippen MR) is 51.7 cm³/mol. The first kappa shape index (κ1) is 13.3. The van der Waals surface area contributed by atoms with Gasteiger partial charge in [-0.25, -0.2) is 4.79 Å². The largest absolute Gasteiger partial charge is 0.457 e. The van der Waals surface area contributed by atoms with Crippen molar-refractivity contribution in [2.75, 3.05) is 6.61 Å².